The van der Waals surface area contributed by atoms with Crippen LogP contribution in [-0.4, -0.2) is 35.1 Å². The summed E-state index contributed by atoms with van der Waals surface area (Å²) in [4.78, 5) is 24.5. The van der Waals surface area contributed by atoms with Crippen molar-refractivity contribution in [3.8, 4) is 0 Å². The number of furan rings is 1. The highest BCUT2D eigenvalue weighted by molar-refractivity contribution is 5.75. The van der Waals surface area contributed by atoms with Gasteiger partial charge in [-0.3, -0.25) is 4.79 Å². The second-order valence-corrected chi connectivity index (χ2v) is 5.65. The summed E-state index contributed by atoms with van der Waals surface area (Å²) in [5.41, 5.74) is 0. The maximum atomic E-state index is 12.2. The van der Waals surface area contributed by atoms with Crippen LogP contribution in [0.5, 0.6) is 0 Å². The second-order valence-electron chi connectivity index (χ2n) is 5.65. The number of carbonyl (C=O) groups is 2. The van der Waals surface area contributed by atoms with Crippen molar-refractivity contribution in [1.82, 2.24) is 10.2 Å². The van der Waals surface area contributed by atoms with Crippen LogP contribution in [-0.2, 0) is 4.79 Å². The highest BCUT2D eigenvalue weighted by Crippen LogP contribution is 2.22. The first-order valence-corrected chi connectivity index (χ1v) is 7.29. The highest BCUT2D eigenvalue weighted by atomic mass is 16.4. The molecule has 116 valence electrons. The summed E-state index contributed by atoms with van der Waals surface area (Å²) in [5.74, 6) is 1.07. The van der Waals surface area contributed by atoms with Crippen LogP contribution in [0.25, 0.3) is 0 Å². The maximum Gasteiger partial charge on any atom is 0.317 e. The molecule has 1 aliphatic heterocycles. The average molecular weight is 294 g/mol. The van der Waals surface area contributed by atoms with Crippen molar-refractivity contribution in [2.24, 2.45) is 5.92 Å². The molecule has 2 N–H and O–H groups in total. The van der Waals surface area contributed by atoms with E-state index < -0.39 is 5.97 Å². The van der Waals surface area contributed by atoms with Gasteiger partial charge >= 0.3 is 12.0 Å². The molecule has 0 spiro atoms. The van der Waals surface area contributed by atoms with Crippen LogP contribution < -0.4 is 5.32 Å². The number of aliphatic carboxylic acids is 1. The summed E-state index contributed by atoms with van der Waals surface area (Å²) in [5, 5.41) is 11.6. The summed E-state index contributed by atoms with van der Waals surface area (Å²) in [6.07, 6.45) is 1.67. The summed E-state index contributed by atoms with van der Waals surface area (Å²) in [6.45, 7) is 5.06. The van der Waals surface area contributed by atoms with E-state index in [4.69, 9.17) is 9.52 Å². The van der Waals surface area contributed by atoms with Gasteiger partial charge in [0.2, 0.25) is 0 Å². The van der Waals surface area contributed by atoms with Crippen molar-refractivity contribution in [2.75, 3.05) is 13.1 Å². The van der Waals surface area contributed by atoms with Gasteiger partial charge in [-0.2, -0.15) is 0 Å². The molecule has 0 bridgehead atoms. The number of hydrogen-bond acceptors (Lipinski definition) is 3. The van der Waals surface area contributed by atoms with Gasteiger partial charge < -0.3 is 19.7 Å². The minimum atomic E-state index is -0.778. The monoisotopic (exact) mass is 294 g/mol. The Labute approximate surface area is 124 Å². The average Bonchev–Trinajstić information content (AvgIpc) is 3.05. The van der Waals surface area contributed by atoms with Crippen molar-refractivity contribution < 1.29 is 19.1 Å². The predicted molar refractivity (Wildman–Crippen MR) is 76.9 cm³/mol. The van der Waals surface area contributed by atoms with Crippen molar-refractivity contribution >= 4 is 12.0 Å². The number of hydrogen-bond donors (Lipinski definition) is 2. The molecule has 2 amide bonds. The van der Waals surface area contributed by atoms with E-state index in [9.17, 15) is 9.59 Å². The summed E-state index contributed by atoms with van der Waals surface area (Å²) in [7, 11) is 0. The Morgan fingerprint density at radius 1 is 1.52 bits per heavy atom. The van der Waals surface area contributed by atoms with Gasteiger partial charge in [0.05, 0.1) is 6.04 Å². The number of likely N-dealkylation sites (tertiary alicyclic amines) is 1. The van der Waals surface area contributed by atoms with Crippen molar-refractivity contribution in [3.63, 3.8) is 0 Å². The Balaban J connectivity index is 1.80. The standard InChI is InChI=1S/C15H22N2O4/c1-10-3-5-13(21-10)11(2)16-15(20)17-8-7-12(9-17)4-6-14(18)19/h3,5,11-12H,4,6-9H2,1-2H3,(H,16,20)(H,18,19). The molecular weight excluding hydrogens is 272 g/mol. The van der Waals surface area contributed by atoms with Crippen LogP contribution in [0.2, 0.25) is 0 Å². The largest absolute Gasteiger partial charge is 0.481 e. The third kappa shape index (κ3) is 4.24. The van der Waals surface area contributed by atoms with Crippen LogP contribution in [0, 0.1) is 12.8 Å². The zero-order valence-corrected chi connectivity index (χ0v) is 12.5. The molecule has 1 aromatic rings. The molecule has 0 saturated carbocycles. The molecule has 6 nitrogen and oxygen atoms in total. The first kappa shape index (κ1) is 15.4. The van der Waals surface area contributed by atoms with Gasteiger partial charge in [-0.25, -0.2) is 4.79 Å². The lowest BCUT2D eigenvalue weighted by molar-refractivity contribution is -0.137. The molecule has 1 aliphatic rings. The number of carboxylic acids is 1. The Kier molecular flexibility index (Phi) is 4.88. The molecule has 0 radical (unpaired) electrons. The number of nitrogens with zero attached hydrogens (tertiary/aromatic N) is 1. The lowest BCUT2D eigenvalue weighted by Gasteiger charge is -2.20. The van der Waals surface area contributed by atoms with Crippen molar-refractivity contribution in [1.29, 1.82) is 0 Å². The lowest BCUT2D eigenvalue weighted by Crippen LogP contribution is -2.39. The highest BCUT2D eigenvalue weighted by Gasteiger charge is 2.27. The van der Waals surface area contributed by atoms with E-state index in [1.165, 1.54) is 0 Å². The Bertz CT molecular complexity index is 512. The third-order valence-corrected chi connectivity index (χ3v) is 3.87. The van der Waals surface area contributed by atoms with Crippen LogP contribution in [0.1, 0.15) is 43.7 Å². The number of rotatable bonds is 5. The number of carbonyl (C=O) groups excluding carboxylic acids is 1. The van der Waals surface area contributed by atoms with E-state index in [0.29, 0.717) is 19.5 Å². The van der Waals surface area contributed by atoms with Gasteiger partial charge in [0.25, 0.3) is 0 Å². The fraction of sp³-hybridized carbons (Fsp3) is 0.600. The first-order valence-electron chi connectivity index (χ1n) is 7.29. The molecule has 2 unspecified atom stereocenters. The van der Waals surface area contributed by atoms with E-state index in [1.54, 1.807) is 4.90 Å². The van der Waals surface area contributed by atoms with E-state index in [1.807, 2.05) is 26.0 Å². The molecule has 1 saturated heterocycles. The van der Waals surface area contributed by atoms with Gasteiger partial charge in [-0.1, -0.05) is 0 Å². The second kappa shape index (κ2) is 6.65. The number of aryl methyl sites for hydroxylation is 1. The van der Waals surface area contributed by atoms with Gasteiger partial charge in [0, 0.05) is 19.5 Å². The Morgan fingerprint density at radius 3 is 2.90 bits per heavy atom. The smallest absolute Gasteiger partial charge is 0.317 e. The van der Waals surface area contributed by atoms with Gasteiger partial charge in [0.1, 0.15) is 11.5 Å². The normalized spacial score (nSPS) is 19.5. The molecule has 2 rings (SSSR count). The van der Waals surface area contributed by atoms with Gasteiger partial charge in [-0.15, -0.1) is 0 Å². The number of carboxylic acid groups (broad SMARTS) is 1. The molecular formula is C15H22N2O4. The predicted octanol–water partition coefficient (Wildman–Crippen LogP) is 2.55. The van der Waals surface area contributed by atoms with E-state index in [0.717, 1.165) is 17.9 Å². The summed E-state index contributed by atoms with van der Waals surface area (Å²) < 4.78 is 5.50. The zero-order chi connectivity index (χ0) is 15.4. The van der Waals surface area contributed by atoms with Crippen LogP contribution in [0.15, 0.2) is 16.5 Å². The number of nitrogens with one attached hydrogen (secondary N) is 1. The Hall–Kier alpha value is -1.98. The molecule has 0 aliphatic carbocycles. The summed E-state index contributed by atoms with van der Waals surface area (Å²) >= 11 is 0. The zero-order valence-electron chi connectivity index (χ0n) is 12.5. The topological polar surface area (TPSA) is 82.8 Å². The fourth-order valence-electron chi connectivity index (χ4n) is 2.61. The van der Waals surface area contributed by atoms with E-state index in [2.05, 4.69) is 5.32 Å². The molecule has 6 heteroatoms. The molecule has 2 atom stereocenters. The van der Waals surface area contributed by atoms with E-state index in [-0.39, 0.29) is 24.4 Å². The third-order valence-electron chi connectivity index (χ3n) is 3.87. The molecule has 2 heterocycles. The van der Waals surface area contributed by atoms with Crippen LogP contribution >= 0.6 is 0 Å². The number of urea groups is 1. The molecule has 21 heavy (non-hydrogen) atoms. The lowest BCUT2D eigenvalue weighted by atomic mass is 10.0. The molecule has 0 aromatic carbocycles. The fourth-order valence-corrected chi connectivity index (χ4v) is 2.61. The minimum Gasteiger partial charge on any atom is -0.481 e. The van der Waals surface area contributed by atoms with Gasteiger partial charge in [0.15, 0.2) is 0 Å². The quantitative estimate of drug-likeness (QED) is 0.874. The number of amides is 2. The Morgan fingerprint density at radius 2 is 2.29 bits per heavy atom. The van der Waals surface area contributed by atoms with Gasteiger partial charge in [-0.05, 0) is 44.7 Å². The maximum absolute atomic E-state index is 12.2. The molecule has 1 aromatic heterocycles. The molecule has 1 fully saturated rings. The van der Waals surface area contributed by atoms with Crippen LogP contribution in [0.3, 0.4) is 0 Å². The minimum absolute atomic E-state index is 0.116. The summed E-state index contributed by atoms with van der Waals surface area (Å²) in [6, 6.07) is 3.44. The van der Waals surface area contributed by atoms with Crippen molar-refractivity contribution in [3.05, 3.63) is 23.7 Å². The SMILES string of the molecule is Cc1ccc(C(C)NC(=O)N2CCC(CCC(=O)O)C2)o1. The first-order chi connectivity index (χ1) is 9.95. The van der Waals surface area contributed by atoms with Crippen LogP contribution in [0.4, 0.5) is 4.79 Å². The van der Waals surface area contributed by atoms with Crippen molar-refractivity contribution in [2.45, 2.75) is 39.2 Å². The van der Waals surface area contributed by atoms with E-state index >= 15 is 0 Å².